The minimum atomic E-state index is -0.907. The molecule has 10 heteroatoms. The van der Waals surface area contributed by atoms with Gasteiger partial charge in [-0.2, -0.15) is 10.5 Å². The number of carbonyl (C=O) groups is 1. The van der Waals surface area contributed by atoms with E-state index in [-0.39, 0.29) is 36.9 Å². The number of benzene rings is 2. The molecule has 0 unspecified atom stereocenters. The highest BCUT2D eigenvalue weighted by Crippen LogP contribution is 2.40. The molecule has 0 radical (unpaired) electrons. The Balaban J connectivity index is 1.40. The van der Waals surface area contributed by atoms with E-state index >= 15 is 0 Å². The lowest BCUT2D eigenvalue weighted by Crippen LogP contribution is -2.55. The predicted molar refractivity (Wildman–Crippen MR) is 172 cm³/mol. The number of aromatic nitrogens is 1. The van der Waals surface area contributed by atoms with Crippen molar-refractivity contribution >= 4 is 28.1 Å². The van der Waals surface area contributed by atoms with Crippen molar-refractivity contribution in [3.63, 3.8) is 0 Å². The molecule has 2 fully saturated rings. The van der Waals surface area contributed by atoms with Crippen molar-refractivity contribution in [2.75, 3.05) is 56.2 Å². The third-order valence-corrected chi connectivity index (χ3v) is 9.47. The quantitative estimate of drug-likeness (QED) is 0.362. The maximum atomic E-state index is 14.2. The molecule has 2 aromatic carbocycles. The molecular weight excluding hydrogens is 569 g/mol. The summed E-state index contributed by atoms with van der Waals surface area (Å²) >= 11 is 0. The molecule has 45 heavy (non-hydrogen) atoms. The molecule has 2 saturated heterocycles. The average Bonchev–Trinajstić information content (AvgIpc) is 3.38. The Morgan fingerprint density at radius 2 is 1.93 bits per heavy atom. The third kappa shape index (κ3) is 5.79. The van der Waals surface area contributed by atoms with Gasteiger partial charge in [0.15, 0.2) is 0 Å². The van der Waals surface area contributed by atoms with Gasteiger partial charge in [-0.25, -0.2) is 9.37 Å². The zero-order valence-electron chi connectivity index (χ0n) is 25.9. The van der Waals surface area contributed by atoms with Gasteiger partial charge in [0.25, 0.3) is 0 Å². The summed E-state index contributed by atoms with van der Waals surface area (Å²) in [7, 11) is 1.88. The number of aryl methyl sites for hydroxylation is 1. The number of pyridine rings is 1. The lowest BCUT2D eigenvalue weighted by Gasteiger charge is -2.43. The number of anilines is 2. The minimum Gasteiger partial charge on any atom is -0.475 e. The van der Waals surface area contributed by atoms with E-state index in [0.29, 0.717) is 51.1 Å². The Hall–Kier alpha value is -4.67. The van der Waals surface area contributed by atoms with Crippen molar-refractivity contribution in [2.45, 2.75) is 51.0 Å². The first-order valence-corrected chi connectivity index (χ1v) is 15.5. The van der Waals surface area contributed by atoms with Gasteiger partial charge in [0.05, 0.1) is 36.5 Å². The van der Waals surface area contributed by atoms with Crippen LogP contribution in [0.1, 0.15) is 35.2 Å². The van der Waals surface area contributed by atoms with Crippen molar-refractivity contribution in [1.82, 2.24) is 14.8 Å². The molecule has 4 heterocycles. The molecule has 3 aliphatic rings. The second kappa shape index (κ2) is 12.7. The molecule has 3 atom stereocenters. The van der Waals surface area contributed by atoms with Crippen molar-refractivity contribution in [1.29, 1.82) is 10.5 Å². The fourth-order valence-electron chi connectivity index (χ4n) is 7.19. The largest absolute Gasteiger partial charge is 0.475 e. The standard InChI is InChI=1S/C35H38FN7O2/c1-4-32(44)43-16-15-42(20-26(43)11-13-37)34-28-12-14-41(31-10-6-9-24-8-5-7-23(2)33(24)31)21-30(28)39-35(29(34)18-38)45-22-27-17-25(36)19-40(27)3/h4-10,25-27H,1,11-12,14-17,19-22H2,2-3H3/t25-,26+,27+/m1/s1. The number of hydrogen-bond acceptors (Lipinski definition) is 8. The zero-order valence-corrected chi connectivity index (χ0v) is 25.9. The van der Waals surface area contributed by atoms with Gasteiger partial charge in [-0.15, -0.1) is 0 Å². The number of fused-ring (bicyclic) bond motifs is 2. The average molecular weight is 608 g/mol. The number of piperazine rings is 1. The van der Waals surface area contributed by atoms with Gasteiger partial charge in [0.2, 0.25) is 11.8 Å². The second-order valence-electron chi connectivity index (χ2n) is 12.2. The number of likely N-dealkylation sites (tertiary alicyclic amines) is 1. The van der Waals surface area contributed by atoms with Gasteiger partial charge < -0.3 is 19.4 Å². The number of likely N-dealkylation sites (N-methyl/N-ethyl adjacent to an activating group) is 1. The normalized spacial score (nSPS) is 21.7. The molecule has 3 aromatic rings. The van der Waals surface area contributed by atoms with E-state index < -0.39 is 6.17 Å². The SMILES string of the molecule is C=CC(=O)N1CCN(c2c(C#N)c(OC[C@@H]3C[C@@H](F)CN3C)nc3c2CCN(c2cccc4cccc(C)c24)C3)C[C@@H]1CC#N. The van der Waals surface area contributed by atoms with Gasteiger partial charge in [-0.05, 0) is 49.9 Å². The Bertz CT molecular complexity index is 1710. The Kier molecular flexibility index (Phi) is 8.60. The van der Waals surface area contributed by atoms with Crippen LogP contribution in [0.5, 0.6) is 5.88 Å². The molecular formula is C35H38FN7O2. The van der Waals surface area contributed by atoms with Crippen LogP contribution in [0.4, 0.5) is 15.8 Å². The summed E-state index contributed by atoms with van der Waals surface area (Å²) in [6.45, 7) is 8.91. The summed E-state index contributed by atoms with van der Waals surface area (Å²) in [4.78, 5) is 25.7. The van der Waals surface area contributed by atoms with Crippen LogP contribution in [0.2, 0.25) is 0 Å². The van der Waals surface area contributed by atoms with Gasteiger partial charge in [0, 0.05) is 55.4 Å². The van der Waals surface area contributed by atoms with Crippen LogP contribution in [0.3, 0.4) is 0 Å². The molecule has 9 nitrogen and oxygen atoms in total. The Morgan fingerprint density at radius 1 is 1.13 bits per heavy atom. The summed E-state index contributed by atoms with van der Waals surface area (Å²) in [6.07, 6.45) is 1.58. The van der Waals surface area contributed by atoms with E-state index in [1.54, 1.807) is 4.90 Å². The smallest absolute Gasteiger partial charge is 0.246 e. The number of hydrogen-bond donors (Lipinski definition) is 0. The minimum absolute atomic E-state index is 0.114. The van der Waals surface area contributed by atoms with Crippen LogP contribution in [-0.4, -0.2) is 85.3 Å². The maximum Gasteiger partial charge on any atom is 0.246 e. The van der Waals surface area contributed by atoms with Crippen LogP contribution in [0.25, 0.3) is 10.8 Å². The summed E-state index contributed by atoms with van der Waals surface area (Å²) < 4.78 is 20.4. The first-order chi connectivity index (χ1) is 21.8. The monoisotopic (exact) mass is 607 g/mol. The third-order valence-electron chi connectivity index (χ3n) is 9.47. The molecule has 0 saturated carbocycles. The molecule has 6 rings (SSSR count). The maximum absolute atomic E-state index is 14.2. The molecule has 1 amide bonds. The number of nitrogens with zero attached hydrogens (tertiary/aromatic N) is 7. The van der Waals surface area contributed by atoms with Crippen molar-refractivity contribution in [3.8, 4) is 18.0 Å². The number of alkyl halides is 1. The predicted octanol–water partition coefficient (Wildman–Crippen LogP) is 4.52. The summed E-state index contributed by atoms with van der Waals surface area (Å²) in [5.41, 5.74) is 5.28. The number of nitriles is 2. The van der Waals surface area contributed by atoms with Gasteiger partial charge in [0.1, 0.15) is 24.4 Å². The van der Waals surface area contributed by atoms with Gasteiger partial charge in [-0.1, -0.05) is 36.9 Å². The van der Waals surface area contributed by atoms with E-state index in [1.165, 1.54) is 22.4 Å². The molecule has 3 aliphatic heterocycles. The van der Waals surface area contributed by atoms with E-state index in [4.69, 9.17) is 9.72 Å². The molecule has 0 bridgehead atoms. The van der Waals surface area contributed by atoms with Crippen molar-refractivity contribution < 1.29 is 13.9 Å². The Morgan fingerprint density at radius 3 is 2.64 bits per heavy atom. The van der Waals surface area contributed by atoms with E-state index in [0.717, 1.165) is 29.2 Å². The molecule has 0 aliphatic carbocycles. The number of carbonyl (C=O) groups excluding carboxylic acids is 1. The van der Waals surface area contributed by atoms with Gasteiger partial charge in [-0.3, -0.25) is 9.69 Å². The molecule has 0 N–H and O–H groups in total. The van der Waals surface area contributed by atoms with Crippen molar-refractivity contribution in [3.05, 3.63) is 71.4 Å². The second-order valence-corrected chi connectivity index (χ2v) is 12.2. The van der Waals surface area contributed by atoms with E-state index in [9.17, 15) is 19.7 Å². The van der Waals surface area contributed by atoms with Crippen LogP contribution < -0.4 is 14.5 Å². The number of ether oxygens (including phenoxy) is 1. The Labute approximate surface area is 263 Å². The van der Waals surface area contributed by atoms with E-state index in [2.05, 4.69) is 71.8 Å². The highest BCUT2D eigenvalue weighted by atomic mass is 19.1. The van der Waals surface area contributed by atoms with Gasteiger partial charge >= 0.3 is 0 Å². The van der Waals surface area contributed by atoms with Crippen LogP contribution in [-0.2, 0) is 17.8 Å². The fourth-order valence-corrected chi connectivity index (χ4v) is 7.19. The van der Waals surface area contributed by atoms with E-state index in [1.807, 2.05) is 11.9 Å². The number of rotatable bonds is 7. The number of halogens is 1. The summed E-state index contributed by atoms with van der Waals surface area (Å²) in [5.74, 6) is 0.0448. The lowest BCUT2D eigenvalue weighted by atomic mass is 9.95. The van der Waals surface area contributed by atoms with Crippen LogP contribution >= 0.6 is 0 Å². The first-order valence-electron chi connectivity index (χ1n) is 15.5. The zero-order chi connectivity index (χ0) is 31.7. The fraction of sp³-hybridized carbons (Fsp3) is 0.429. The highest BCUT2D eigenvalue weighted by Gasteiger charge is 2.36. The molecule has 1 aromatic heterocycles. The van der Waals surface area contributed by atoms with Crippen molar-refractivity contribution in [2.24, 2.45) is 0 Å². The topological polar surface area (TPSA) is 99.7 Å². The molecule has 0 spiro atoms. The van der Waals surface area contributed by atoms with Crippen LogP contribution in [0, 0.1) is 29.6 Å². The van der Waals surface area contributed by atoms with Crippen LogP contribution in [0.15, 0.2) is 49.1 Å². The first kappa shape index (κ1) is 30.4. The summed E-state index contributed by atoms with van der Waals surface area (Å²) in [6, 6.07) is 16.8. The summed E-state index contributed by atoms with van der Waals surface area (Å²) in [5, 5.41) is 22.5. The highest BCUT2D eigenvalue weighted by molar-refractivity contribution is 5.97. The number of amides is 1. The molecule has 232 valence electrons. The lowest BCUT2D eigenvalue weighted by molar-refractivity contribution is -0.128.